The van der Waals surface area contributed by atoms with E-state index in [2.05, 4.69) is 10.6 Å². The van der Waals surface area contributed by atoms with E-state index in [0.717, 1.165) is 16.2 Å². The van der Waals surface area contributed by atoms with E-state index in [9.17, 15) is 9.59 Å². The van der Waals surface area contributed by atoms with Crippen LogP contribution in [0.4, 0.5) is 5.69 Å². The summed E-state index contributed by atoms with van der Waals surface area (Å²) in [5.41, 5.74) is 1.64. The fourth-order valence-electron chi connectivity index (χ4n) is 2.62. The molecule has 7 heteroatoms. The van der Waals surface area contributed by atoms with Crippen molar-refractivity contribution in [2.75, 3.05) is 33.1 Å². The zero-order valence-corrected chi connectivity index (χ0v) is 16.7. The number of carbonyl (C=O) groups is 2. The lowest BCUT2D eigenvalue weighted by atomic mass is 10.2. The Hall–Kier alpha value is -3.06. The van der Waals surface area contributed by atoms with Crippen LogP contribution < -0.4 is 25.0 Å². The number of hydrogen-bond donors (Lipinski definition) is 3. The molecule has 0 aliphatic carbocycles. The second kappa shape index (κ2) is 10.3. The third kappa shape index (κ3) is 6.28. The maximum atomic E-state index is 12.4. The number of nitrogens with one attached hydrogen (secondary N) is 3. The Morgan fingerprint density at radius 2 is 1.71 bits per heavy atom. The number of ether oxygens (including phenoxy) is 2. The molecular weight excluding hydrogens is 358 g/mol. The zero-order valence-electron chi connectivity index (χ0n) is 16.7. The van der Waals surface area contributed by atoms with Gasteiger partial charge in [0.15, 0.2) is 12.6 Å². The molecular formula is C21H28N3O4+. The van der Waals surface area contributed by atoms with Crippen LogP contribution in [0.25, 0.3) is 0 Å². The van der Waals surface area contributed by atoms with Crippen LogP contribution in [0, 0.1) is 0 Å². The van der Waals surface area contributed by atoms with Gasteiger partial charge in [0.2, 0.25) is 0 Å². The summed E-state index contributed by atoms with van der Waals surface area (Å²) in [7, 11) is 5.01. The second-order valence-electron chi connectivity index (χ2n) is 6.59. The summed E-state index contributed by atoms with van der Waals surface area (Å²) in [6.45, 7) is 2.41. The second-order valence-corrected chi connectivity index (χ2v) is 6.59. The van der Waals surface area contributed by atoms with E-state index < -0.39 is 0 Å². The molecule has 0 spiro atoms. The van der Waals surface area contributed by atoms with Crippen molar-refractivity contribution >= 4 is 17.5 Å². The molecule has 28 heavy (non-hydrogen) atoms. The molecule has 0 radical (unpaired) electrons. The van der Waals surface area contributed by atoms with Crippen molar-refractivity contribution < 1.29 is 24.0 Å². The molecule has 0 bridgehead atoms. The zero-order chi connectivity index (χ0) is 20.5. The van der Waals surface area contributed by atoms with Crippen molar-refractivity contribution in [3.05, 3.63) is 54.1 Å². The third-order valence-electron chi connectivity index (χ3n) is 4.55. The molecule has 0 saturated carbocycles. The van der Waals surface area contributed by atoms with Gasteiger partial charge in [0.05, 0.1) is 21.3 Å². The van der Waals surface area contributed by atoms with Crippen LogP contribution in [-0.2, 0) is 16.1 Å². The first-order chi connectivity index (χ1) is 13.4. The first-order valence-electron chi connectivity index (χ1n) is 9.09. The number of rotatable bonds is 9. The van der Waals surface area contributed by atoms with E-state index in [1.807, 2.05) is 37.4 Å². The van der Waals surface area contributed by atoms with Crippen LogP contribution >= 0.6 is 0 Å². The Kier molecular flexibility index (Phi) is 7.83. The van der Waals surface area contributed by atoms with Crippen molar-refractivity contribution in [2.45, 2.75) is 19.5 Å². The lowest BCUT2D eigenvalue weighted by Gasteiger charge is -2.20. The van der Waals surface area contributed by atoms with Crippen LogP contribution in [0.2, 0.25) is 0 Å². The predicted octanol–water partition coefficient (Wildman–Crippen LogP) is 0.862. The highest BCUT2D eigenvalue weighted by atomic mass is 16.5. The van der Waals surface area contributed by atoms with E-state index in [4.69, 9.17) is 9.47 Å². The standard InChI is InChI=1S/C21H27N3O4/c1-15(21(26)22-13-16-8-10-18(27-3)11-9-16)24(2)14-20(25)23-17-6-5-7-19(12-17)28-4/h5-12,15H,13-14H2,1-4H3,(H,22,26)(H,23,25)/p+1/t15-/m1/s1. The number of anilines is 1. The molecule has 150 valence electrons. The summed E-state index contributed by atoms with van der Waals surface area (Å²) >= 11 is 0. The number of benzene rings is 2. The summed E-state index contributed by atoms with van der Waals surface area (Å²) in [5.74, 6) is 1.17. The van der Waals surface area contributed by atoms with Crippen molar-refractivity contribution in [2.24, 2.45) is 0 Å². The number of methoxy groups -OCH3 is 2. The van der Waals surface area contributed by atoms with E-state index in [1.165, 1.54) is 0 Å². The van der Waals surface area contributed by atoms with E-state index in [0.29, 0.717) is 18.0 Å². The summed E-state index contributed by atoms with van der Waals surface area (Å²) in [4.78, 5) is 25.5. The SMILES string of the molecule is COc1ccc(CNC(=O)[C@@H](C)[NH+](C)CC(=O)Nc2cccc(OC)c2)cc1. The minimum absolute atomic E-state index is 0.109. The topological polar surface area (TPSA) is 81.1 Å². The minimum Gasteiger partial charge on any atom is -0.497 e. The van der Waals surface area contributed by atoms with Crippen LogP contribution in [0.5, 0.6) is 11.5 Å². The molecule has 0 saturated heterocycles. The average molecular weight is 386 g/mol. The van der Waals surface area contributed by atoms with Crippen LogP contribution in [-0.4, -0.2) is 45.7 Å². The van der Waals surface area contributed by atoms with Gasteiger partial charge < -0.3 is 25.0 Å². The number of amides is 2. The van der Waals surface area contributed by atoms with Gasteiger partial charge in [-0.2, -0.15) is 0 Å². The minimum atomic E-state index is -0.366. The first kappa shape index (κ1) is 21.2. The van der Waals surface area contributed by atoms with Gasteiger partial charge >= 0.3 is 0 Å². The lowest BCUT2D eigenvalue weighted by molar-refractivity contribution is -0.885. The molecule has 2 amide bonds. The quantitative estimate of drug-likeness (QED) is 0.597. The maximum Gasteiger partial charge on any atom is 0.279 e. The molecule has 0 aliphatic rings. The van der Waals surface area contributed by atoms with Gasteiger partial charge in [-0.25, -0.2) is 0 Å². The number of quaternary nitrogens is 1. The van der Waals surface area contributed by atoms with Gasteiger partial charge in [0, 0.05) is 18.3 Å². The number of likely N-dealkylation sites (N-methyl/N-ethyl adjacent to an activating group) is 1. The first-order valence-corrected chi connectivity index (χ1v) is 9.09. The Labute approximate surface area is 165 Å². The Morgan fingerprint density at radius 1 is 1.04 bits per heavy atom. The molecule has 2 atom stereocenters. The van der Waals surface area contributed by atoms with Crippen molar-refractivity contribution in [3.63, 3.8) is 0 Å². The highest BCUT2D eigenvalue weighted by molar-refractivity contribution is 5.91. The Balaban J connectivity index is 1.81. The lowest BCUT2D eigenvalue weighted by Crippen LogP contribution is -3.15. The Morgan fingerprint density at radius 3 is 2.36 bits per heavy atom. The molecule has 0 aromatic heterocycles. The molecule has 1 unspecified atom stereocenters. The van der Waals surface area contributed by atoms with Crippen LogP contribution in [0.3, 0.4) is 0 Å². The fourth-order valence-corrected chi connectivity index (χ4v) is 2.62. The smallest absolute Gasteiger partial charge is 0.279 e. The van der Waals surface area contributed by atoms with Gasteiger partial charge in [-0.15, -0.1) is 0 Å². The van der Waals surface area contributed by atoms with Crippen LogP contribution in [0.1, 0.15) is 12.5 Å². The molecule has 3 N–H and O–H groups in total. The van der Waals surface area contributed by atoms with Gasteiger partial charge in [-0.3, -0.25) is 9.59 Å². The van der Waals surface area contributed by atoms with Gasteiger partial charge in [0.1, 0.15) is 11.5 Å². The summed E-state index contributed by atoms with van der Waals surface area (Å²) in [6, 6.07) is 14.3. The highest BCUT2D eigenvalue weighted by Crippen LogP contribution is 2.16. The fraction of sp³-hybridized carbons (Fsp3) is 0.333. The van der Waals surface area contributed by atoms with E-state index in [1.54, 1.807) is 39.3 Å². The summed E-state index contributed by atoms with van der Waals surface area (Å²) in [6.07, 6.45) is 0. The number of carbonyl (C=O) groups excluding carboxylic acids is 2. The number of hydrogen-bond acceptors (Lipinski definition) is 4. The molecule has 0 fully saturated rings. The normalized spacial score (nSPS) is 12.6. The predicted molar refractivity (Wildman–Crippen MR) is 108 cm³/mol. The van der Waals surface area contributed by atoms with Crippen molar-refractivity contribution in [3.8, 4) is 11.5 Å². The third-order valence-corrected chi connectivity index (χ3v) is 4.55. The highest BCUT2D eigenvalue weighted by Gasteiger charge is 2.23. The monoisotopic (exact) mass is 386 g/mol. The Bertz CT molecular complexity index is 792. The molecule has 0 heterocycles. The summed E-state index contributed by atoms with van der Waals surface area (Å²) < 4.78 is 10.3. The van der Waals surface area contributed by atoms with E-state index in [-0.39, 0.29) is 24.4 Å². The average Bonchev–Trinajstić information content (AvgIpc) is 2.71. The molecule has 2 aromatic rings. The van der Waals surface area contributed by atoms with Crippen molar-refractivity contribution in [1.82, 2.24) is 5.32 Å². The maximum absolute atomic E-state index is 12.4. The largest absolute Gasteiger partial charge is 0.497 e. The van der Waals surface area contributed by atoms with Gasteiger partial charge in [-0.05, 0) is 36.8 Å². The van der Waals surface area contributed by atoms with Crippen LogP contribution in [0.15, 0.2) is 48.5 Å². The molecule has 2 rings (SSSR count). The summed E-state index contributed by atoms with van der Waals surface area (Å²) in [5, 5.41) is 5.73. The van der Waals surface area contributed by atoms with Gasteiger partial charge in [0.25, 0.3) is 11.8 Å². The van der Waals surface area contributed by atoms with Gasteiger partial charge in [-0.1, -0.05) is 18.2 Å². The molecule has 0 aliphatic heterocycles. The molecule has 2 aromatic carbocycles. The molecule has 7 nitrogen and oxygen atoms in total. The van der Waals surface area contributed by atoms with E-state index >= 15 is 0 Å². The van der Waals surface area contributed by atoms with Crippen molar-refractivity contribution in [1.29, 1.82) is 0 Å².